The Morgan fingerprint density at radius 2 is 1.52 bits per heavy atom. The number of aromatic nitrogens is 1. The Bertz CT molecular complexity index is 1510. The van der Waals surface area contributed by atoms with E-state index in [0.29, 0.717) is 30.5 Å². The fourth-order valence-corrected chi connectivity index (χ4v) is 6.04. The predicted octanol–water partition coefficient (Wildman–Crippen LogP) is 6.68. The summed E-state index contributed by atoms with van der Waals surface area (Å²) in [5.74, 6) is 1.78. The molecule has 4 aromatic rings. The quantitative estimate of drug-likeness (QED) is 0.246. The SMILES string of the molecule is CCOc1cc(/C=C/c2ccccc2OCC(O)CN2CCC(=C3c4ccccc4CCc4ccccc43)CC2)on1. The highest BCUT2D eigenvalue weighted by atomic mass is 16.5. The molecule has 6 rings (SSSR count). The highest BCUT2D eigenvalue weighted by Gasteiger charge is 2.24. The maximum absolute atomic E-state index is 10.9. The van der Waals surface area contributed by atoms with Gasteiger partial charge < -0.3 is 19.1 Å². The number of hydrogen-bond donors (Lipinski definition) is 1. The van der Waals surface area contributed by atoms with E-state index < -0.39 is 6.10 Å². The summed E-state index contributed by atoms with van der Waals surface area (Å²) < 4.78 is 16.7. The number of hydrogen-bond acceptors (Lipinski definition) is 6. The van der Waals surface area contributed by atoms with Crippen LogP contribution in [0.1, 0.15) is 53.3 Å². The number of β-amino-alcohol motifs (C(OH)–C–C–N with tert-alkyl or cyclic N) is 1. The molecule has 1 fully saturated rings. The molecule has 0 bridgehead atoms. The first kappa shape index (κ1) is 28.0. The Labute approximate surface area is 247 Å². The van der Waals surface area contributed by atoms with Crippen LogP contribution in [-0.4, -0.2) is 54.1 Å². The molecule has 6 heteroatoms. The van der Waals surface area contributed by atoms with Gasteiger partial charge in [-0.25, -0.2) is 0 Å². The molecule has 1 aromatic heterocycles. The van der Waals surface area contributed by atoms with Gasteiger partial charge in [0.05, 0.1) is 6.61 Å². The molecule has 6 nitrogen and oxygen atoms in total. The number of likely N-dealkylation sites (tertiary alicyclic amines) is 1. The average molecular weight is 563 g/mol. The third-order valence-corrected chi connectivity index (χ3v) is 8.10. The third-order valence-electron chi connectivity index (χ3n) is 8.10. The van der Waals surface area contributed by atoms with Crippen molar-refractivity contribution in [1.29, 1.82) is 0 Å². The van der Waals surface area contributed by atoms with Gasteiger partial charge in [-0.05, 0) is 83.8 Å². The van der Waals surface area contributed by atoms with Gasteiger partial charge in [0.15, 0.2) is 5.76 Å². The Hall–Kier alpha value is -4.13. The van der Waals surface area contributed by atoms with E-state index in [1.807, 2.05) is 43.3 Å². The molecular weight excluding hydrogens is 524 g/mol. The van der Waals surface area contributed by atoms with E-state index in [1.54, 1.807) is 6.07 Å². The average Bonchev–Trinajstić information content (AvgIpc) is 3.40. The number of rotatable bonds is 9. The minimum Gasteiger partial charge on any atom is -0.490 e. The van der Waals surface area contributed by atoms with Crippen molar-refractivity contribution in [2.75, 3.05) is 32.8 Å². The van der Waals surface area contributed by atoms with Crippen LogP contribution in [0.4, 0.5) is 0 Å². The first-order valence-corrected chi connectivity index (χ1v) is 15.0. The van der Waals surface area contributed by atoms with Crippen LogP contribution in [0.3, 0.4) is 0 Å². The Morgan fingerprint density at radius 1 is 0.857 bits per heavy atom. The Morgan fingerprint density at radius 3 is 2.24 bits per heavy atom. The zero-order chi connectivity index (χ0) is 28.7. The van der Waals surface area contributed by atoms with E-state index in [2.05, 4.69) is 58.6 Å². The lowest BCUT2D eigenvalue weighted by Gasteiger charge is -2.32. The molecule has 1 N–H and O–H groups in total. The molecule has 42 heavy (non-hydrogen) atoms. The van der Waals surface area contributed by atoms with E-state index in [0.717, 1.165) is 44.3 Å². The molecule has 2 aliphatic rings. The molecular formula is C36H38N2O4. The number of ether oxygens (including phenoxy) is 2. The van der Waals surface area contributed by atoms with Crippen LogP contribution in [0.25, 0.3) is 17.7 Å². The summed E-state index contributed by atoms with van der Waals surface area (Å²) in [5, 5.41) is 14.8. The molecule has 1 unspecified atom stereocenters. The standard InChI is InChI=1S/C36H38N2O4/c1-2-40-35-23-31(42-37-35)18-17-28-11-5-8-14-34(28)41-25-30(39)24-38-21-19-29(20-22-38)36-32-12-6-3-9-26(32)15-16-27-10-4-7-13-33(27)36/h3-14,17-18,23,30,39H,2,15-16,19-22,24-25H2,1H3/b18-17+. The number of para-hydroxylation sites is 1. The van der Waals surface area contributed by atoms with Gasteiger partial charge in [-0.3, -0.25) is 4.90 Å². The number of piperidine rings is 1. The zero-order valence-electron chi connectivity index (χ0n) is 24.2. The summed E-state index contributed by atoms with van der Waals surface area (Å²) in [7, 11) is 0. The summed E-state index contributed by atoms with van der Waals surface area (Å²) in [6.07, 6.45) is 7.34. The Balaban J connectivity index is 1.08. The topological polar surface area (TPSA) is 68.0 Å². The van der Waals surface area contributed by atoms with Crippen molar-refractivity contribution in [1.82, 2.24) is 10.1 Å². The van der Waals surface area contributed by atoms with Gasteiger partial charge in [-0.2, -0.15) is 0 Å². The molecule has 216 valence electrons. The maximum Gasteiger partial charge on any atom is 0.254 e. The predicted molar refractivity (Wildman–Crippen MR) is 167 cm³/mol. The molecule has 1 aliphatic heterocycles. The molecule has 1 aliphatic carbocycles. The van der Waals surface area contributed by atoms with Crippen molar-refractivity contribution in [3.05, 3.63) is 118 Å². The van der Waals surface area contributed by atoms with Gasteiger partial charge in [0.25, 0.3) is 5.88 Å². The lowest BCUT2D eigenvalue weighted by atomic mass is 9.86. The zero-order valence-corrected chi connectivity index (χ0v) is 24.2. The molecule has 1 saturated heterocycles. The monoisotopic (exact) mass is 562 g/mol. The highest BCUT2D eigenvalue weighted by molar-refractivity contribution is 5.86. The van der Waals surface area contributed by atoms with Crippen LogP contribution >= 0.6 is 0 Å². The molecule has 0 spiro atoms. The van der Waals surface area contributed by atoms with Crippen LogP contribution in [-0.2, 0) is 12.8 Å². The second-order valence-electron chi connectivity index (χ2n) is 10.9. The second-order valence-corrected chi connectivity index (χ2v) is 10.9. The van der Waals surface area contributed by atoms with E-state index in [9.17, 15) is 5.11 Å². The molecule has 0 amide bonds. The van der Waals surface area contributed by atoms with Crippen LogP contribution in [0.5, 0.6) is 11.6 Å². The van der Waals surface area contributed by atoms with Gasteiger partial charge >= 0.3 is 0 Å². The fourth-order valence-electron chi connectivity index (χ4n) is 6.04. The largest absolute Gasteiger partial charge is 0.490 e. The highest BCUT2D eigenvalue weighted by Crippen LogP contribution is 2.38. The first-order valence-electron chi connectivity index (χ1n) is 15.0. The number of nitrogens with zero attached hydrogens (tertiary/aromatic N) is 2. The van der Waals surface area contributed by atoms with Crippen LogP contribution in [0.15, 0.2) is 89.0 Å². The van der Waals surface area contributed by atoms with Crippen LogP contribution in [0, 0.1) is 0 Å². The van der Waals surface area contributed by atoms with Crippen molar-refractivity contribution in [3.63, 3.8) is 0 Å². The number of aliphatic hydroxyl groups is 1. The number of aliphatic hydroxyl groups excluding tert-OH is 1. The van der Waals surface area contributed by atoms with Crippen molar-refractivity contribution >= 4 is 17.7 Å². The lowest BCUT2D eigenvalue weighted by Crippen LogP contribution is -2.39. The van der Waals surface area contributed by atoms with Gasteiger partial charge in [0, 0.05) is 31.3 Å². The number of fused-ring (bicyclic) bond motifs is 2. The normalized spacial score (nSPS) is 16.1. The summed E-state index contributed by atoms with van der Waals surface area (Å²) in [6, 6.07) is 27.3. The third kappa shape index (κ3) is 6.51. The molecule has 0 saturated carbocycles. The molecule has 2 heterocycles. The molecule has 1 atom stereocenters. The van der Waals surface area contributed by atoms with Crippen LogP contribution in [0.2, 0.25) is 0 Å². The lowest BCUT2D eigenvalue weighted by molar-refractivity contribution is 0.0655. The Kier molecular flexibility index (Phi) is 8.83. The van der Waals surface area contributed by atoms with E-state index in [-0.39, 0.29) is 6.61 Å². The molecule has 3 aromatic carbocycles. The van der Waals surface area contributed by atoms with E-state index in [4.69, 9.17) is 14.0 Å². The number of benzene rings is 3. The van der Waals surface area contributed by atoms with E-state index in [1.165, 1.54) is 33.4 Å². The summed E-state index contributed by atoms with van der Waals surface area (Å²) in [6.45, 7) is 5.12. The smallest absolute Gasteiger partial charge is 0.254 e. The van der Waals surface area contributed by atoms with Crippen molar-refractivity contribution in [2.45, 2.75) is 38.7 Å². The minimum absolute atomic E-state index is 0.229. The van der Waals surface area contributed by atoms with Gasteiger partial charge in [-0.1, -0.05) is 72.3 Å². The fraction of sp³-hybridized carbons (Fsp3) is 0.306. The summed E-state index contributed by atoms with van der Waals surface area (Å²) in [4.78, 5) is 2.36. The van der Waals surface area contributed by atoms with E-state index >= 15 is 0 Å². The maximum atomic E-state index is 10.9. The van der Waals surface area contributed by atoms with Crippen molar-refractivity contribution in [3.8, 4) is 11.6 Å². The second kappa shape index (κ2) is 13.2. The van der Waals surface area contributed by atoms with Crippen molar-refractivity contribution < 1.29 is 19.1 Å². The minimum atomic E-state index is -0.585. The summed E-state index contributed by atoms with van der Waals surface area (Å²) >= 11 is 0. The summed E-state index contributed by atoms with van der Waals surface area (Å²) in [5.41, 5.74) is 9.54. The van der Waals surface area contributed by atoms with Crippen molar-refractivity contribution in [2.24, 2.45) is 0 Å². The molecule has 0 radical (unpaired) electrons. The van der Waals surface area contributed by atoms with Gasteiger partial charge in [0.2, 0.25) is 0 Å². The first-order chi connectivity index (χ1) is 20.7. The van der Waals surface area contributed by atoms with Gasteiger partial charge in [-0.15, -0.1) is 0 Å². The van der Waals surface area contributed by atoms with Gasteiger partial charge in [0.1, 0.15) is 18.5 Å². The number of aryl methyl sites for hydroxylation is 2. The van der Waals surface area contributed by atoms with Crippen LogP contribution < -0.4 is 9.47 Å².